The van der Waals surface area contributed by atoms with Crippen molar-refractivity contribution in [2.24, 2.45) is 11.3 Å². The minimum atomic E-state index is 0.780. The van der Waals surface area contributed by atoms with Gasteiger partial charge in [0.15, 0.2) is 0 Å². The molecule has 1 saturated carbocycles. The lowest BCUT2D eigenvalue weighted by Gasteiger charge is -2.27. The first-order chi connectivity index (χ1) is 4.81. The van der Waals surface area contributed by atoms with Gasteiger partial charge in [-0.05, 0) is 50.1 Å². The van der Waals surface area contributed by atoms with Gasteiger partial charge in [-0.2, -0.15) is 0 Å². The first-order valence-corrected chi connectivity index (χ1v) is 4.52. The highest BCUT2D eigenvalue weighted by Gasteiger charge is 2.44. The average molecular weight is 139 g/mol. The van der Waals surface area contributed by atoms with Crippen LogP contribution in [-0.4, -0.2) is 13.1 Å². The van der Waals surface area contributed by atoms with E-state index in [2.05, 4.69) is 12.2 Å². The van der Waals surface area contributed by atoms with E-state index in [4.69, 9.17) is 0 Å². The van der Waals surface area contributed by atoms with Crippen molar-refractivity contribution in [3.8, 4) is 0 Å². The van der Waals surface area contributed by atoms with Crippen LogP contribution in [-0.2, 0) is 0 Å². The van der Waals surface area contributed by atoms with Gasteiger partial charge >= 0.3 is 0 Å². The van der Waals surface area contributed by atoms with Gasteiger partial charge in [0.05, 0.1) is 0 Å². The Kier molecular flexibility index (Phi) is 1.48. The van der Waals surface area contributed by atoms with Crippen molar-refractivity contribution < 1.29 is 0 Å². The van der Waals surface area contributed by atoms with E-state index in [1.54, 1.807) is 0 Å². The number of hydrogen-bond acceptors (Lipinski definition) is 1. The maximum Gasteiger partial charge on any atom is -0.00461 e. The Morgan fingerprint density at radius 3 is 2.30 bits per heavy atom. The summed E-state index contributed by atoms with van der Waals surface area (Å²) >= 11 is 0. The minimum absolute atomic E-state index is 0.780. The molecule has 0 bridgehead atoms. The Morgan fingerprint density at radius 1 is 1.20 bits per heavy atom. The Morgan fingerprint density at radius 2 is 1.80 bits per heavy atom. The molecule has 1 saturated heterocycles. The highest BCUT2D eigenvalue weighted by Crippen LogP contribution is 2.54. The molecule has 2 aliphatic rings. The van der Waals surface area contributed by atoms with E-state index in [0.29, 0.717) is 0 Å². The van der Waals surface area contributed by atoms with Crippen LogP contribution in [0.3, 0.4) is 0 Å². The molecule has 58 valence electrons. The maximum atomic E-state index is 3.41. The lowest BCUT2D eigenvalue weighted by Crippen LogP contribution is -2.31. The monoisotopic (exact) mass is 139 g/mol. The second-order valence-electron chi connectivity index (χ2n) is 4.18. The van der Waals surface area contributed by atoms with E-state index < -0.39 is 0 Å². The predicted molar refractivity (Wildman–Crippen MR) is 42.9 cm³/mol. The summed E-state index contributed by atoms with van der Waals surface area (Å²) in [6.07, 6.45) is 5.85. The fourth-order valence-electron chi connectivity index (χ4n) is 2.12. The molecule has 10 heavy (non-hydrogen) atoms. The molecular weight excluding hydrogens is 122 g/mol. The molecule has 2 rings (SSSR count). The smallest absolute Gasteiger partial charge is 0.00461 e. The lowest BCUT2D eigenvalue weighted by atomic mass is 9.83. The van der Waals surface area contributed by atoms with Crippen LogP contribution in [0, 0.1) is 11.3 Å². The van der Waals surface area contributed by atoms with Gasteiger partial charge in [-0.25, -0.2) is 0 Å². The third-order valence-corrected chi connectivity index (χ3v) is 3.36. The van der Waals surface area contributed by atoms with Crippen LogP contribution in [0.15, 0.2) is 0 Å². The molecule has 1 heterocycles. The molecule has 0 aromatic rings. The Balaban J connectivity index is 1.91. The molecule has 0 aromatic carbocycles. The molecule has 0 spiro atoms. The molecular formula is C9H17N. The van der Waals surface area contributed by atoms with Gasteiger partial charge in [-0.1, -0.05) is 6.92 Å². The minimum Gasteiger partial charge on any atom is -0.317 e. The van der Waals surface area contributed by atoms with Crippen molar-refractivity contribution in [1.82, 2.24) is 5.32 Å². The summed E-state index contributed by atoms with van der Waals surface area (Å²) in [5.41, 5.74) is 0.780. The fourth-order valence-corrected chi connectivity index (χ4v) is 2.12. The van der Waals surface area contributed by atoms with Crippen LogP contribution in [0.2, 0.25) is 0 Å². The van der Waals surface area contributed by atoms with Gasteiger partial charge in [0, 0.05) is 0 Å². The lowest BCUT2D eigenvalue weighted by molar-refractivity contribution is 0.257. The van der Waals surface area contributed by atoms with Gasteiger partial charge < -0.3 is 5.32 Å². The number of nitrogens with one attached hydrogen (secondary N) is 1. The summed E-state index contributed by atoms with van der Waals surface area (Å²) in [7, 11) is 0. The molecule has 1 heteroatoms. The van der Waals surface area contributed by atoms with Crippen molar-refractivity contribution in [3.63, 3.8) is 0 Å². The average Bonchev–Trinajstić information content (AvgIpc) is 2.72. The number of piperidine rings is 1. The predicted octanol–water partition coefficient (Wildman–Crippen LogP) is 1.79. The Hall–Kier alpha value is -0.0400. The van der Waals surface area contributed by atoms with E-state index >= 15 is 0 Å². The first kappa shape index (κ1) is 6.66. The molecule has 0 amide bonds. The molecule has 1 N–H and O–H groups in total. The van der Waals surface area contributed by atoms with Crippen LogP contribution in [0.4, 0.5) is 0 Å². The maximum absolute atomic E-state index is 3.41. The van der Waals surface area contributed by atoms with Gasteiger partial charge in [0.1, 0.15) is 0 Å². The van der Waals surface area contributed by atoms with Crippen molar-refractivity contribution in [1.29, 1.82) is 0 Å². The molecule has 0 radical (unpaired) electrons. The first-order valence-electron chi connectivity index (χ1n) is 4.52. The normalized spacial score (nSPS) is 32.1. The SMILES string of the molecule is CC1(C2CCNCC2)CC1. The van der Waals surface area contributed by atoms with Crippen molar-refractivity contribution in [2.45, 2.75) is 32.6 Å². The Labute approximate surface area is 63.2 Å². The van der Waals surface area contributed by atoms with Gasteiger partial charge in [0.25, 0.3) is 0 Å². The highest BCUT2D eigenvalue weighted by atomic mass is 14.9. The second-order valence-corrected chi connectivity index (χ2v) is 4.18. The quantitative estimate of drug-likeness (QED) is 0.584. The van der Waals surface area contributed by atoms with E-state index in [1.165, 1.54) is 38.8 Å². The molecule has 1 nitrogen and oxygen atoms in total. The molecule has 2 fully saturated rings. The van der Waals surface area contributed by atoms with Gasteiger partial charge in [-0.15, -0.1) is 0 Å². The fraction of sp³-hybridized carbons (Fsp3) is 1.00. The zero-order valence-electron chi connectivity index (χ0n) is 6.82. The van der Waals surface area contributed by atoms with Gasteiger partial charge in [0.2, 0.25) is 0 Å². The molecule has 0 atom stereocenters. The van der Waals surface area contributed by atoms with Crippen molar-refractivity contribution in [3.05, 3.63) is 0 Å². The Bertz CT molecular complexity index is 121. The van der Waals surface area contributed by atoms with Crippen LogP contribution in [0.25, 0.3) is 0 Å². The summed E-state index contributed by atoms with van der Waals surface area (Å²) in [5.74, 6) is 1.05. The highest BCUT2D eigenvalue weighted by molar-refractivity contribution is 4.95. The molecule has 1 aliphatic carbocycles. The van der Waals surface area contributed by atoms with E-state index in [1.807, 2.05) is 0 Å². The van der Waals surface area contributed by atoms with Crippen LogP contribution in [0.1, 0.15) is 32.6 Å². The van der Waals surface area contributed by atoms with E-state index in [-0.39, 0.29) is 0 Å². The zero-order chi connectivity index (χ0) is 7.03. The molecule has 0 aromatic heterocycles. The summed E-state index contributed by atoms with van der Waals surface area (Å²) in [6, 6.07) is 0. The van der Waals surface area contributed by atoms with E-state index in [9.17, 15) is 0 Å². The zero-order valence-corrected chi connectivity index (χ0v) is 6.82. The van der Waals surface area contributed by atoms with Crippen molar-refractivity contribution >= 4 is 0 Å². The van der Waals surface area contributed by atoms with Gasteiger partial charge in [-0.3, -0.25) is 0 Å². The van der Waals surface area contributed by atoms with Crippen molar-refractivity contribution in [2.75, 3.05) is 13.1 Å². The third-order valence-electron chi connectivity index (χ3n) is 3.36. The largest absolute Gasteiger partial charge is 0.317 e. The topological polar surface area (TPSA) is 12.0 Å². The summed E-state index contributed by atoms with van der Waals surface area (Å²) in [4.78, 5) is 0. The van der Waals surface area contributed by atoms with Crippen LogP contribution >= 0.6 is 0 Å². The third kappa shape index (κ3) is 1.07. The second kappa shape index (κ2) is 2.23. The molecule has 0 unspecified atom stereocenters. The molecule has 1 aliphatic heterocycles. The number of rotatable bonds is 1. The number of hydrogen-bond donors (Lipinski definition) is 1. The summed E-state index contributed by atoms with van der Waals surface area (Å²) < 4.78 is 0. The van der Waals surface area contributed by atoms with Crippen LogP contribution in [0.5, 0.6) is 0 Å². The van der Waals surface area contributed by atoms with E-state index in [0.717, 1.165) is 11.3 Å². The summed E-state index contributed by atoms with van der Waals surface area (Å²) in [5, 5.41) is 3.41. The summed E-state index contributed by atoms with van der Waals surface area (Å²) in [6.45, 7) is 4.99. The van der Waals surface area contributed by atoms with Crippen LogP contribution < -0.4 is 5.32 Å². The standard InChI is InChI=1S/C9H17N/c1-9(4-5-9)8-2-6-10-7-3-8/h8,10H,2-7H2,1H3.